The maximum atomic E-state index is 14.6. The first-order valence-electron chi connectivity index (χ1n) is 7.84. The van der Waals surface area contributed by atoms with Gasteiger partial charge in [-0.15, -0.1) is 0 Å². The van der Waals surface area contributed by atoms with Crippen molar-refractivity contribution < 1.29 is 13.9 Å². The third kappa shape index (κ3) is 2.64. The largest absolute Gasteiger partial charge is 0.374 e. The van der Waals surface area contributed by atoms with Crippen LogP contribution >= 0.6 is 0 Å². The lowest BCUT2D eigenvalue weighted by Crippen LogP contribution is -2.43. The third-order valence-electron chi connectivity index (χ3n) is 4.13. The number of halogens is 1. The van der Waals surface area contributed by atoms with Crippen LogP contribution in [0.5, 0.6) is 0 Å². The number of aryl methyl sites for hydroxylation is 1. The average molecular weight is 341 g/mol. The van der Waals surface area contributed by atoms with E-state index in [1.807, 2.05) is 6.92 Å². The highest BCUT2D eigenvalue weighted by Crippen LogP contribution is 2.33. The lowest BCUT2D eigenvalue weighted by atomic mass is 9.99. The van der Waals surface area contributed by atoms with E-state index in [4.69, 9.17) is 4.74 Å². The summed E-state index contributed by atoms with van der Waals surface area (Å²) in [4.78, 5) is 19.9. The molecule has 0 aromatic carbocycles. The number of alkyl halides is 1. The molecule has 7 nitrogen and oxygen atoms in total. The Kier molecular flexibility index (Phi) is 3.50. The molecule has 1 saturated heterocycles. The van der Waals surface area contributed by atoms with Gasteiger partial charge in [0.2, 0.25) is 5.91 Å². The van der Waals surface area contributed by atoms with Gasteiger partial charge in [-0.05, 0) is 19.1 Å². The van der Waals surface area contributed by atoms with Gasteiger partial charge in [0.25, 0.3) is 0 Å². The fraction of sp³-hybridized carbons (Fsp3) is 0.294. The number of amides is 1. The number of aromatic nitrogens is 4. The SMILES string of the molecule is CC(=O)Nc1cc2c(cn1)c(C)nn2-c1cccc(C2(F)COC2)n1. The normalized spacial score (nSPS) is 15.8. The molecule has 0 atom stereocenters. The van der Waals surface area contributed by atoms with E-state index >= 15 is 0 Å². The van der Waals surface area contributed by atoms with Gasteiger partial charge in [-0.25, -0.2) is 19.0 Å². The van der Waals surface area contributed by atoms with E-state index in [2.05, 4.69) is 20.4 Å². The summed E-state index contributed by atoms with van der Waals surface area (Å²) in [6, 6.07) is 6.88. The summed E-state index contributed by atoms with van der Waals surface area (Å²) in [5.74, 6) is 0.713. The van der Waals surface area contributed by atoms with E-state index < -0.39 is 5.67 Å². The lowest BCUT2D eigenvalue weighted by Gasteiger charge is -2.33. The smallest absolute Gasteiger partial charge is 0.222 e. The fourth-order valence-electron chi connectivity index (χ4n) is 2.80. The molecule has 0 bridgehead atoms. The quantitative estimate of drug-likeness (QED) is 0.790. The third-order valence-corrected chi connectivity index (χ3v) is 4.13. The number of hydrogen-bond donors (Lipinski definition) is 1. The first-order valence-corrected chi connectivity index (χ1v) is 7.84. The number of nitrogens with one attached hydrogen (secondary N) is 1. The molecule has 4 rings (SSSR count). The van der Waals surface area contributed by atoms with Crippen molar-refractivity contribution in [3.05, 3.63) is 41.9 Å². The highest BCUT2D eigenvalue weighted by molar-refractivity contribution is 5.91. The van der Waals surface area contributed by atoms with E-state index in [0.717, 1.165) is 16.6 Å². The van der Waals surface area contributed by atoms with Crippen LogP contribution in [0.2, 0.25) is 0 Å². The molecule has 0 aliphatic carbocycles. The molecule has 3 aromatic rings. The number of pyridine rings is 2. The summed E-state index contributed by atoms with van der Waals surface area (Å²) in [6.45, 7) is 3.30. The highest BCUT2D eigenvalue weighted by atomic mass is 19.1. The molecule has 1 aliphatic rings. The summed E-state index contributed by atoms with van der Waals surface area (Å²) < 4.78 is 21.2. The van der Waals surface area contributed by atoms with Gasteiger partial charge >= 0.3 is 0 Å². The van der Waals surface area contributed by atoms with Gasteiger partial charge < -0.3 is 10.1 Å². The minimum atomic E-state index is -1.54. The summed E-state index contributed by atoms with van der Waals surface area (Å²) >= 11 is 0. The number of nitrogens with zero attached hydrogens (tertiary/aromatic N) is 4. The van der Waals surface area contributed by atoms with Crippen LogP contribution in [0.3, 0.4) is 0 Å². The van der Waals surface area contributed by atoms with Crippen molar-refractivity contribution in [2.75, 3.05) is 18.5 Å². The molecule has 1 aliphatic heterocycles. The Balaban J connectivity index is 1.83. The molecule has 0 radical (unpaired) electrons. The second-order valence-corrected chi connectivity index (χ2v) is 6.10. The Labute approximate surface area is 142 Å². The molecule has 0 saturated carbocycles. The van der Waals surface area contributed by atoms with Gasteiger partial charge in [0, 0.05) is 24.6 Å². The summed E-state index contributed by atoms with van der Waals surface area (Å²) in [6.07, 6.45) is 1.65. The maximum Gasteiger partial charge on any atom is 0.222 e. The van der Waals surface area contributed by atoms with Crippen LogP contribution in [0.1, 0.15) is 18.3 Å². The number of fused-ring (bicyclic) bond motifs is 1. The Hall–Kier alpha value is -2.87. The van der Waals surface area contributed by atoms with Crippen molar-refractivity contribution >= 4 is 22.6 Å². The summed E-state index contributed by atoms with van der Waals surface area (Å²) in [5.41, 5.74) is 0.287. The predicted molar refractivity (Wildman–Crippen MR) is 89.3 cm³/mol. The van der Waals surface area contributed by atoms with Crippen LogP contribution in [-0.4, -0.2) is 38.9 Å². The van der Waals surface area contributed by atoms with E-state index in [-0.39, 0.29) is 19.1 Å². The molecule has 1 N–H and O–H groups in total. The van der Waals surface area contributed by atoms with Crippen molar-refractivity contribution in [2.45, 2.75) is 19.5 Å². The van der Waals surface area contributed by atoms with Gasteiger partial charge in [0.15, 0.2) is 11.5 Å². The van der Waals surface area contributed by atoms with Gasteiger partial charge in [0.05, 0.1) is 30.1 Å². The molecule has 0 unspecified atom stereocenters. The van der Waals surface area contributed by atoms with Gasteiger partial charge in [-0.3, -0.25) is 4.79 Å². The van der Waals surface area contributed by atoms with Crippen LogP contribution < -0.4 is 5.32 Å². The minimum absolute atomic E-state index is 0.0128. The van der Waals surface area contributed by atoms with Crippen molar-refractivity contribution in [1.29, 1.82) is 0 Å². The molecule has 128 valence electrons. The van der Waals surface area contributed by atoms with Crippen molar-refractivity contribution in [3.63, 3.8) is 0 Å². The highest BCUT2D eigenvalue weighted by Gasteiger charge is 2.42. The molecule has 3 aromatic heterocycles. The Bertz CT molecular complexity index is 980. The van der Waals surface area contributed by atoms with Gasteiger partial charge in [-0.1, -0.05) is 6.07 Å². The van der Waals surface area contributed by atoms with Crippen molar-refractivity contribution in [2.24, 2.45) is 0 Å². The van der Waals surface area contributed by atoms with Gasteiger partial charge in [-0.2, -0.15) is 5.10 Å². The number of carbonyl (C=O) groups is 1. The second-order valence-electron chi connectivity index (χ2n) is 6.10. The topological polar surface area (TPSA) is 81.9 Å². The Morgan fingerprint density at radius 3 is 2.88 bits per heavy atom. The maximum absolute atomic E-state index is 14.6. The molecule has 8 heteroatoms. The van der Waals surface area contributed by atoms with Crippen LogP contribution in [0.15, 0.2) is 30.5 Å². The minimum Gasteiger partial charge on any atom is -0.374 e. The van der Waals surface area contributed by atoms with E-state index in [1.54, 1.807) is 35.1 Å². The van der Waals surface area contributed by atoms with Crippen molar-refractivity contribution in [1.82, 2.24) is 19.7 Å². The second kappa shape index (κ2) is 5.59. The Morgan fingerprint density at radius 2 is 2.20 bits per heavy atom. The zero-order valence-electron chi connectivity index (χ0n) is 13.8. The molecule has 1 amide bonds. The average Bonchev–Trinajstić information content (AvgIpc) is 2.89. The number of hydrogen-bond acceptors (Lipinski definition) is 5. The standard InChI is InChI=1S/C17H16FN5O2/c1-10-12-7-19-15(20-11(2)24)6-13(12)23(22-10)16-5-3-4-14(21-16)17(18)8-25-9-17/h3-7H,8-9H2,1-2H3,(H,19,20,24). The van der Waals surface area contributed by atoms with Crippen LogP contribution in [0.4, 0.5) is 10.2 Å². The monoisotopic (exact) mass is 341 g/mol. The van der Waals surface area contributed by atoms with E-state index in [9.17, 15) is 9.18 Å². The molecule has 1 fully saturated rings. The molecule has 25 heavy (non-hydrogen) atoms. The Morgan fingerprint density at radius 1 is 1.40 bits per heavy atom. The predicted octanol–water partition coefficient (Wildman–Crippen LogP) is 2.28. The first kappa shape index (κ1) is 15.6. The summed E-state index contributed by atoms with van der Waals surface area (Å²) in [5, 5.41) is 7.98. The number of rotatable bonds is 3. The molecule has 0 spiro atoms. The molecular formula is C17H16FN5O2. The van der Waals surface area contributed by atoms with E-state index in [1.165, 1.54) is 6.92 Å². The number of anilines is 1. The van der Waals surface area contributed by atoms with E-state index in [0.29, 0.717) is 17.3 Å². The zero-order valence-corrected chi connectivity index (χ0v) is 13.8. The lowest BCUT2D eigenvalue weighted by molar-refractivity contribution is -0.137. The number of carbonyl (C=O) groups excluding carboxylic acids is 1. The fourth-order valence-corrected chi connectivity index (χ4v) is 2.80. The zero-order chi connectivity index (χ0) is 17.6. The van der Waals surface area contributed by atoms with Gasteiger partial charge in [0.1, 0.15) is 5.82 Å². The van der Waals surface area contributed by atoms with Crippen molar-refractivity contribution in [3.8, 4) is 5.82 Å². The summed E-state index contributed by atoms with van der Waals surface area (Å²) in [7, 11) is 0. The first-order chi connectivity index (χ1) is 12.0. The van der Waals surface area contributed by atoms with Crippen LogP contribution in [0.25, 0.3) is 16.7 Å². The van der Waals surface area contributed by atoms with Crippen LogP contribution in [0, 0.1) is 6.92 Å². The number of ether oxygens (including phenoxy) is 1. The molecule has 4 heterocycles. The van der Waals surface area contributed by atoms with Crippen LogP contribution in [-0.2, 0) is 15.2 Å². The molecular weight excluding hydrogens is 325 g/mol.